The van der Waals surface area contributed by atoms with Crippen LogP contribution in [0.1, 0.15) is 34.1 Å². The lowest BCUT2D eigenvalue weighted by molar-refractivity contribution is -0.143. The Morgan fingerprint density at radius 1 is 1.29 bits per heavy atom. The van der Waals surface area contributed by atoms with Gasteiger partial charge in [-0.25, -0.2) is 4.79 Å². The fourth-order valence-electron chi connectivity index (χ4n) is 0.994. The first-order valence-corrected chi connectivity index (χ1v) is 4.93. The summed E-state index contributed by atoms with van der Waals surface area (Å²) in [6, 6.07) is -0.781. The largest absolute Gasteiger partial charge is 0.480 e. The highest BCUT2D eigenvalue weighted by atomic mass is 16.4. The minimum absolute atomic E-state index is 0.0968. The SMILES string of the molecule is CCC(C)C(=O)NC(C(=O)O)C(C)C. The molecule has 0 radical (unpaired) electrons. The van der Waals surface area contributed by atoms with Gasteiger partial charge in [0.2, 0.25) is 5.91 Å². The zero-order chi connectivity index (χ0) is 11.3. The molecule has 2 unspecified atom stereocenters. The van der Waals surface area contributed by atoms with Crippen molar-refractivity contribution in [2.45, 2.75) is 40.2 Å². The lowest BCUT2D eigenvalue weighted by atomic mass is 10.0. The van der Waals surface area contributed by atoms with Gasteiger partial charge in [0.25, 0.3) is 0 Å². The Bertz CT molecular complexity index is 213. The molecule has 0 saturated carbocycles. The van der Waals surface area contributed by atoms with Crippen molar-refractivity contribution in [3.8, 4) is 0 Å². The number of carboxylic acids is 1. The van der Waals surface area contributed by atoms with Gasteiger partial charge in [-0.2, -0.15) is 0 Å². The molecule has 0 heterocycles. The van der Waals surface area contributed by atoms with Crippen LogP contribution < -0.4 is 5.32 Å². The van der Waals surface area contributed by atoms with Crippen molar-refractivity contribution >= 4 is 11.9 Å². The first kappa shape index (κ1) is 12.9. The van der Waals surface area contributed by atoms with Crippen LogP contribution in [0.4, 0.5) is 0 Å². The number of aliphatic carboxylic acids is 1. The van der Waals surface area contributed by atoms with Crippen LogP contribution in [0.15, 0.2) is 0 Å². The molecule has 0 aromatic rings. The molecule has 0 aromatic carbocycles. The number of nitrogens with one attached hydrogen (secondary N) is 1. The van der Waals surface area contributed by atoms with Gasteiger partial charge >= 0.3 is 5.97 Å². The first-order valence-electron chi connectivity index (χ1n) is 4.93. The lowest BCUT2D eigenvalue weighted by Gasteiger charge is -2.19. The van der Waals surface area contributed by atoms with Gasteiger partial charge in [-0.15, -0.1) is 0 Å². The third-order valence-corrected chi connectivity index (χ3v) is 2.29. The Morgan fingerprint density at radius 3 is 2.07 bits per heavy atom. The van der Waals surface area contributed by atoms with Gasteiger partial charge in [0.1, 0.15) is 6.04 Å². The summed E-state index contributed by atoms with van der Waals surface area (Å²) in [6.45, 7) is 7.23. The molecule has 0 aliphatic carbocycles. The molecular formula is C10H19NO3. The number of hydrogen-bond acceptors (Lipinski definition) is 2. The minimum atomic E-state index is -0.975. The maximum atomic E-state index is 11.4. The fraction of sp³-hybridized carbons (Fsp3) is 0.800. The average molecular weight is 201 g/mol. The van der Waals surface area contributed by atoms with Gasteiger partial charge < -0.3 is 10.4 Å². The van der Waals surface area contributed by atoms with Gasteiger partial charge in [0.05, 0.1) is 0 Å². The molecule has 2 N–H and O–H groups in total. The zero-order valence-corrected chi connectivity index (χ0v) is 9.20. The van der Waals surface area contributed by atoms with E-state index >= 15 is 0 Å². The van der Waals surface area contributed by atoms with Crippen molar-refractivity contribution in [1.29, 1.82) is 0 Å². The quantitative estimate of drug-likeness (QED) is 0.703. The Morgan fingerprint density at radius 2 is 1.79 bits per heavy atom. The Balaban J connectivity index is 4.31. The van der Waals surface area contributed by atoms with E-state index in [0.29, 0.717) is 0 Å². The van der Waals surface area contributed by atoms with Crippen molar-refractivity contribution in [3.05, 3.63) is 0 Å². The number of carbonyl (C=O) groups excluding carboxylic acids is 1. The Kier molecular flexibility index (Phi) is 5.20. The zero-order valence-electron chi connectivity index (χ0n) is 9.20. The summed E-state index contributed by atoms with van der Waals surface area (Å²) < 4.78 is 0. The molecule has 0 aromatic heterocycles. The van der Waals surface area contributed by atoms with E-state index in [0.717, 1.165) is 6.42 Å². The Labute approximate surface area is 84.7 Å². The van der Waals surface area contributed by atoms with E-state index in [2.05, 4.69) is 5.32 Å². The summed E-state index contributed by atoms with van der Waals surface area (Å²) in [4.78, 5) is 22.2. The highest BCUT2D eigenvalue weighted by molar-refractivity contribution is 5.84. The molecule has 0 aliphatic heterocycles. The molecule has 0 rings (SSSR count). The summed E-state index contributed by atoms with van der Waals surface area (Å²) in [7, 11) is 0. The molecule has 0 bridgehead atoms. The number of hydrogen-bond donors (Lipinski definition) is 2. The normalized spacial score (nSPS) is 14.9. The highest BCUT2D eigenvalue weighted by Gasteiger charge is 2.24. The first-order chi connectivity index (χ1) is 6.40. The van der Waals surface area contributed by atoms with E-state index < -0.39 is 12.0 Å². The number of carboxylic acid groups (broad SMARTS) is 1. The van der Waals surface area contributed by atoms with E-state index in [1.54, 1.807) is 20.8 Å². The Hall–Kier alpha value is -1.06. The lowest BCUT2D eigenvalue weighted by Crippen LogP contribution is -2.46. The minimum Gasteiger partial charge on any atom is -0.480 e. The summed E-state index contributed by atoms with van der Waals surface area (Å²) in [5, 5.41) is 11.4. The second kappa shape index (κ2) is 5.62. The van der Waals surface area contributed by atoms with Crippen LogP contribution in [0.3, 0.4) is 0 Å². The second-order valence-corrected chi connectivity index (χ2v) is 3.88. The number of carbonyl (C=O) groups is 2. The van der Waals surface area contributed by atoms with Gasteiger partial charge in [0, 0.05) is 5.92 Å². The van der Waals surface area contributed by atoms with Gasteiger partial charge in [-0.05, 0) is 12.3 Å². The van der Waals surface area contributed by atoms with Crippen LogP contribution >= 0.6 is 0 Å². The van der Waals surface area contributed by atoms with E-state index in [9.17, 15) is 9.59 Å². The van der Waals surface area contributed by atoms with Crippen LogP contribution in [-0.2, 0) is 9.59 Å². The molecule has 14 heavy (non-hydrogen) atoms. The van der Waals surface area contributed by atoms with Crippen molar-refractivity contribution in [1.82, 2.24) is 5.32 Å². The molecule has 4 nitrogen and oxygen atoms in total. The maximum absolute atomic E-state index is 11.4. The molecular weight excluding hydrogens is 182 g/mol. The van der Waals surface area contributed by atoms with Crippen molar-refractivity contribution in [3.63, 3.8) is 0 Å². The summed E-state index contributed by atoms with van der Waals surface area (Å²) in [6.07, 6.45) is 0.719. The van der Waals surface area contributed by atoms with E-state index in [1.165, 1.54) is 0 Å². The molecule has 0 aliphatic rings. The molecule has 82 valence electrons. The third-order valence-electron chi connectivity index (χ3n) is 2.29. The summed E-state index contributed by atoms with van der Waals surface area (Å²) >= 11 is 0. The van der Waals surface area contributed by atoms with Gasteiger partial charge in [-0.3, -0.25) is 4.79 Å². The maximum Gasteiger partial charge on any atom is 0.326 e. The van der Waals surface area contributed by atoms with Crippen LogP contribution in [0, 0.1) is 11.8 Å². The van der Waals surface area contributed by atoms with Crippen LogP contribution in [0.25, 0.3) is 0 Å². The second-order valence-electron chi connectivity index (χ2n) is 3.88. The van der Waals surface area contributed by atoms with Gasteiger partial charge in [-0.1, -0.05) is 27.7 Å². The van der Waals surface area contributed by atoms with Crippen molar-refractivity contribution in [2.75, 3.05) is 0 Å². The van der Waals surface area contributed by atoms with E-state index in [1.807, 2.05) is 6.92 Å². The van der Waals surface area contributed by atoms with Crippen molar-refractivity contribution < 1.29 is 14.7 Å². The monoisotopic (exact) mass is 201 g/mol. The molecule has 1 amide bonds. The van der Waals surface area contributed by atoms with Crippen LogP contribution in [0.2, 0.25) is 0 Å². The number of amides is 1. The predicted molar refractivity (Wildman–Crippen MR) is 53.9 cm³/mol. The van der Waals surface area contributed by atoms with E-state index in [4.69, 9.17) is 5.11 Å². The van der Waals surface area contributed by atoms with Crippen molar-refractivity contribution in [2.24, 2.45) is 11.8 Å². The molecule has 4 heteroatoms. The smallest absolute Gasteiger partial charge is 0.326 e. The topological polar surface area (TPSA) is 66.4 Å². The van der Waals surface area contributed by atoms with Crippen LogP contribution in [0.5, 0.6) is 0 Å². The highest BCUT2D eigenvalue weighted by Crippen LogP contribution is 2.05. The fourth-order valence-corrected chi connectivity index (χ4v) is 0.994. The van der Waals surface area contributed by atoms with E-state index in [-0.39, 0.29) is 17.7 Å². The summed E-state index contributed by atoms with van der Waals surface area (Å²) in [5.74, 6) is -1.39. The molecule has 0 saturated heterocycles. The van der Waals surface area contributed by atoms with Gasteiger partial charge in [0.15, 0.2) is 0 Å². The standard InChI is InChI=1S/C10H19NO3/c1-5-7(4)9(12)11-8(6(2)3)10(13)14/h6-8H,5H2,1-4H3,(H,11,12)(H,13,14). The average Bonchev–Trinajstić information content (AvgIpc) is 2.11. The third kappa shape index (κ3) is 3.77. The molecule has 0 spiro atoms. The molecule has 0 fully saturated rings. The molecule has 2 atom stereocenters. The van der Waals surface area contributed by atoms with Crippen LogP contribution in [-0.4, -0.2) is 23.0 Å². The predicted octanol–water partition coefficient (Wildman–Crippen LogP) is 1.26. The summed E-state index contributed by atoms with van der Waals surface area (Å²) in [5.41, 5.74) is 0. The number of rotatable bonds is 5.